The van der Waals surface area contributed by atoms with Gasteiger partial charge in [-0.15, -0.1) is 11.3 Å². The van der Waals surface area contributed by atoms with Gasteiger partial charge in [0.15, 0.2) is 0 Å². The number of ether oxygens (including phenoxy) is 1. The first-order valence-electron chi connectivity index (χ1n) is 11.6. The summed E-state index contributed by atoms with van der Waals surface area (Å²) >= 11 is 1.19. The van der Waals surface area contributed by atoms with Gasteiger partial charge in [-0.05, 0) is 48.7 Å². The maximum atomic E-state index is 14.5. The summed E-state index contributed by atoms with van der Waals surface area (Å²) in [6.07, 6.45) is -3.79. The molecule has 0 unspecified atom stereocenters. The first-order chi connectivity index (χ1) is 18.5. The Hall–Kier alpha value is -4.50. The second-order valence-electron chi connectivity index (χ2n) is 9.03. The lowest BCUT2D eigenvalue weighted by Crippen LogP contribution is -2.28. The number of alkyl halides is 3. The molecule has 12 heteroatoms. The Labute approximate surface area is 222 Å². The SMILES string of the molecule is N#Cc1c(Oc2ccc(F)c(NC(=O)Cc3cccc(C(F)(F)F)c3)c2)ccc2nc(C3(C(N)=O)CC3)sc12. The zero-order valence-electron chi connectivity index (χ0n) is 19.9. The van der Waals surface area contributed by atoms with Crippen molar-refractivity contribution < 1.29 is 31.9 Å². The molecule has 1 aliphatic rings. The van der Waals surface area contributed by atoms with Gasteiger partial charge >= 0.3 is 6.18 Å². The van der Waals surface area contributed by atoms with Crippen LogP contribution in [0.1, 0.15) is 34.5 Å². The van der Waals surface area contributed by atoms with Crippen LogP contribution < -0.4 is 15.8 Å². The van der Waals surface area contributed by atoms with E-state index >= 15 is 0 Å². The van der Waals surface area contributed by atoms with Gasteiger partial charge in [0.1, 0.15) is 39.4 Å². The monoisotopic (exact) mass is 554 g/mol. The van der Waals surface area contributed by atoms with E-state index in [2.05, 4.69) is 16.4 Å². The highest BCUT2D eigenvalue weighted by Gasteiger charge is 2.52. The number of benzene rings is 3. The fourth-order valence-electron chi connectivity index (χ4n) is 4.09. The average molecular weight is 555 g/mol. The minimum atomic E-state index is -4.56. The third kappa shape index (κ3) is 5.13. The van der Waals surface area contributed by atoms with E-state index in [9.17, 15) is 32.4 Å². The summed E-state index contributed by atoms with van der Waals surface area (Å²) in [5.41, 5.74) is 4.37. The van der Waals surface area contributed by atoms with E-state index in [1.165, 1.54) is 41.7 Å². The van der Waals surface area contributed by atoms with Gasteiger partial charge in [0.05, 0.1) is 27.9 Å². The summed E-state index contributed by atoms with van der Waals surface area (Å²) in [5, 5.41) is 12.7. The maximum Gasteiger partial charge on any atom is 0.416 e. The van der Waals surface area contributed by atoms with Crippen LogP contribution in [0.5, 0.6) is 11.5 Å². The normalized spacial score (nSPS) is 14.0. The summed E-state index contributed by atoms with van der Waals surface area (Å²) in [5.74, 6) is -1.74. The van der Waals surface area contributed by atoms with Crippen LogP contribution in [0, 0.1) is 17.1 Å². The second kappa shape index (κ2) is 9.67. The lowest BCUT2D eigenvalue weighted by atomic mass is 10.1. The molecular weight excluding hydrogens is 536 g/mol. The zero-order chi connectivity index (χ0) is 27.9. The molecule has 39 heavy (non-hydrogen) atoms. The van der Waals surface area contributed by atoms with Gasteiger partial charge in [-0.25, -0.2) is 9.37 Å². The average Bonchev–Trinajstić information content (AvgIpc) is 3.59. The standard InChI is InChI=1S/C27H18F4N4O3S/c28-18-5-4-16(12-20(18)34-22(36)11-14-2-1-3-15(10-14)27(29,30)31)38-21-7-6-19-23(17(21)13-32)39-25(35-19)26(8-9-26)24(33)37/h1-7,10,12H,8-9,11H2,(H2,33,37)(H,34,36). The summed E-state index contributed by atoms with van der Waals surface area (Å²) in [4.78, 5) is 28.9. The van der Waals surface area contributed by atoms with E-state index in [0.717, 1.165) is 18.2 Å². The smallest absolute Gasteiger partial charge is 0.416 e. The van der Waals surface area contributed by atoms with Crippen molar-refractivity contribution >= 4 is 39.1 Å². The largest absolute Gasteiger partial charge is 0.456 e. The van der Waals surface area contributed by atoms with Crippen LogP contribution in [0.3, 0.4) is 0 Å². The number of carbonyl (C=O) groups excluding carboxylic acids is 2. The van der Waals surface area contributed by atoms with Gasteiger partial charge in [-0.3, -0.25) is 9.59 Å². The quantitative estimate of drug-likeness (QED) is 0.279. The number of rotatable bonds is 7. The number of aromatic nitrogens is 1. The molecular formula is C27H18F4N4O3S. The van der Waals surface area contributed by atoms with Gasteiger partial charge in [0, 0.05) is 6.07 Å². The number of amides is 2. The Morgan fingerprint density at radius 2 is 1.92 bits per heavy atom. The first-order valence-corrected chi connectivity index (χ1v) is 12.4. The number of hydrogen-bond donors (Lipinski definition) is 2. The molecule has 3 aromatic carbocycles. The van der Waals surface area contributed by atoms with Crippen molar-refractivity contribution in [1.29, 1.82) is 5.26 Å². The third-order valence-corrected chi connectivity index (χ3v) is 7.61. The highest BCUT2D eigenvalue weighted by molar-refractivity contribution is 7.19. The molecule has 1 heterocycles. The molecule has 4 aromatic rings. The molecule has 2 amide bonds. The molecule has 0 aliphatic heterocycles. The molecule has 0 radical (unpaired) electrons. The number of primary amides is 1. The number of nitrogens with one attached hydrogen (secondary N) is 1. The van der Waals surface area contributed by atoms with Crippen molar-refractivity contribution in [3.63, 3.8) is 0 Å². The minimum absolute atomic E-state index is 0.0992. The fourth-order valence-corrected chi connectivity index (χ4v) is 5.39. The molecule has 0 saturated heterocycles. The van der Waals surface area contributed by atoms with Gasteiger partial charge in [0.2, 0.25) is 11.8 Å². The number of fused-ring (bicyclic) bond motifs is 1. The Morgan fingerprint density at radius 1 is 1.15 bits per heavy atom. The molecule has 5 rings (SSSR count). The van der Waals surface area contributed by atoms with Crippen molar-refractivity contribution in [3.8, 4) is 17.6 Å². The third-order valence-electron chi connectivity index (χ3n) is 6.32. The minimum Gasteiger partial charge on any atom is -0.456 e. The van der Waals surface area contributed by atoms with Gasteiger partial charge < -0.3 is 15.8 Å². The molecule has 1 aliphatic carbocycles. The van der Waals surface area contributed by atoms with E-state index in [1.807, 2.05) is 0 Å². The summed E-state index contributed by atoms with van der Waals surface area (Å²) in [6, 6.07) is 13.1. The van der Waals surface area contributed by atoms with Crippen LogP contribution in [-0.4, -0.2) is 16.8 Å². The maximum absolute atomic E-state index is 14.5. The molecule has 7 nitrogen and oxygen atoms in total. The lowest BCUT2D eigenvalue weighted by Gasteiger charge is -2.12. The Bertz CT molecular complexity index is 1670. The highest BCUT2D eigenvalue weighted by atomic mass is 32.1. The number of nitrogens with two attached hydrogens (primary N) is 1. The van der Waals surface area contributed by atoms with Crippen molar-refractivity contribution in [3.05, 3.63) is 82.1 Å². The van der Waals surface area contributed by atoms with Gasteiger partial charge in [0.25, 0.3) is 0 Å². The molecule has 3 N–H and O–H groups in total. The van der Waals surface area contributed by atoms with Gasteiger partial charge in [-0.2, -0.15) is 18.4 Å². The number of nitrogens with zero attached hydrogens (tertiary/aromatic N) is 2. The predicted octanol–water partition coefficient (Wildman–Crippen LogP) is 5.82. The molecule has 1 saturated carbocycles. The summed E-state index contributed by atoms with van der Waals surface area (Å²) < 4.78 is 59.7. The second-order valence-corrected chi connectivity index (χ2v) is 10.0. The Kier molecular flexibility index (Phi) is 6.47. The number of anilines is 1. The van der Waals surface area contributed by atoms with Crippen LogP contribution in [-0.2, 0) is 27.6 Å². The topological polar surface area (TPSA) is 118 Å². The zero-order valence-corrected chi connectivity index (χ0v) is 20.8. The lowest BCUT2D eigenvalue weighted by molar-refractivity contribution is -0.137. The summed E-state index contributed by atoms with van der Waals surface area (Å²) in [7, 11) is 0. The Morgan fingerprint density at radius 3 is 2.59 bits per heavy atom. The van der Waals surface area contributed by atoms with E-state index in [0.29, 0.717) is 28.1 Å². The van der Waals surface area contributed by atoms with Gasteiger partial charge in [-0.1, -0.05) is 18.2 Å². The van der Waals surface area contributed by atoms with Crippen molar-refractivity contribution in [1.82, 2.24) is 4.98 Å². The van der Waals surface area contributed by atoms with Crippen LogP contribution >= 0.6 is 11.3 Å². The number of nitriles is 1. The molecule has 0 spiro atoms. The van der Waals surface area contributed by atoms with E-state index in [4.69, 9.17) is 10.5 Å². The molecule has 1 fully saturated rings. The van der Waals surface area contributed by atoms with Crippen molar-refractivity contribution in [2.45, 2.75) is 30.9 Å². The first kappa shape index (κ1) is 26.1. The number of hydrogen-bond acceptors (Lipinski definition) is 6. The van der Waals surface area contributed by atoms with E-state index < -0.39 is 41.2 Å². The number of carbonyl (C=O) groups is 2. The van der Waals surface area contributed by atoms with Crippen molar-refractivity contribution in [2.75, 3.05) is 5.32 Å². The van der Waals surface area contributed by atoms with Crippen LogP contribution in [0.15, 0.2) is 54.6 Å². The number of halogens is 4. The molecule has 0 atom stereocenters. The van der Waals surface area contributed by atoms with Crippen LogP contribution in [0.4, 0.5) is 23.2 Å². The predicted molar refractivity (Wildman–Crippen MR) is 135 cm³/mol. The summed E-state index contributed by atoms with van der Waals surface area (Å²) in [6.45, 7) is 0. The molecule has 198 valence electrons. The molecule has 0 bridgehead atoms. The van der Waals surface area contributed by atoms with Crippen molar-refractivity contribution in [2.24, 2.45) is 5.73 Å². The van der Waals surface area contributed by atoms with E-state index in [-0.39, 0.29) is 28.3 Å². The van der Waals surface area contributed by atoms with E-state index in [1.54, 1.807) is 6.07 Å². The van der Waals surface area contributed by atoms with Crippen LogP contribution in [0.25, 0.3) is 10.2 Å². The number of thiazole rings is 1. The highest BCUT2D eigenvalue weighted by Crippen LogP contribution is 2.51. The fraction of sp³-hybridized carbons (Fsp3) is 0.185. The Balaban J connectivity index is 1.36. The van der Waals surface area contributed by atoms with Crippen LogP contribution in [0.2, 0.25) is 0 Å². The molecule has 1 aromatic heterocycles.